The zero-order valence-electron chi connectivity index (χ0n) is 6.56. The first-order chi connectivity index (χ1) is 4.04. The van der Waals surface area contributed by atoms with Gasteiger partial charge in [-0.25, -0.2) is 0 Å². The quantitative estimate of drug-likeness (QED) is 0.518. The molecule has 0 saturated heterocycles. The van der Waals surface area contributed by atoms with Crippen molar-refractivity contribution in [3.8, 4) is 0 Å². The molecule has 0 amide bonds. The van der Waals surface area contributed by atoms with E-state index in [1.807, 2.05) is 13.0 Å². The van der Waals surface area contributed by atoms with E-state index in [0.29, 0.717) is 5.92 Å². The average Bonchev–Trinajstić information content (AvgIpc) is 1.63. The molecule has 0 aromatic rings. The highest BCUT2D eigenvalue weighted by molar-refractivity contribution is 5.92. The Labute approximate surface area is 56.8 Å². The summed E-state index contributed by atoms with van der Waals surface area (Å²) in [5.41, 5.74) is 0.866. The lowest BCUT2D eigenvalue weighted by Gasteiger charge is -1.96. The van der Waals surface area contributed by atoms with Crippen LogP contribution < -0.4 is 0 Å². The maximum absolute atomic E-state index is 10.6. The van der Waals surface area contributed by atoms with Crippen LogP contribution in [0.5, 0.6) is 0 Å². The summed E-state index contributed by atoms with van der Waals surface area (Å²) in [7, 11) is 0. The second-order valence-corrected chi connectivity index (χ2v) is 2.65. The van der Waals surface area contributed by atoms with Crippen LogP contribution in [0.25, 0.3) is 0 Å². The number of allylic oxidation sites excluding steroid dienone is 2. The molecule has 0 aliphatic rings. The lowest BCUT2D eigenvalue weighted by atomic mass is 10.1. The zero-order chi connectivity index (χ0) is 7.44. The molecule has 1 nitrogen and oxygen atoms in total. The van der Waals surface area contributed by atoms with E-state index in [-0.39, 0.29) is 5.78 Å². The van der Waals surface area contributed by atoms with Gasteiger partial charge >= 0.3 is 0 Å². The van der Waals surface area contributed by atoms with Gasteiger partial charge in [0.1, 0.15) is 0 Å². The Morgan fingerprint density at radius 1 is 1.33 bits per heavy atom. The number of Topliss-reactive ketones (excluding diaryl/α,β-unsaturated/α-hetero) is 1. The van der Waals surface area contributed by atoms with E-state index >= 15 is 0 Å². The van der Waals surface area contributed by atoms with E-state index < -0.39 is 0 Å². The summed E-state index contributed by atoms with van der Waals surface area (Å²) in [5, 5.41) is 0. The third-order valence-electron chi connectivity index (χ3n) is 1.14. The Morgan fingerprint density at radius 3 is 1.89 bits per heavy atom. The fraction of sp³-hybridized carbons (Fsp3) is 0.625. The molecule has 0 aromatic heterocycles. The molecule has 0 bridgehead atoms. The van der Waals surface area contributed by atoms with Crippen molar-refractivity contribution in [1.82, 2.24) is 0 Å². The Morgan fingerprint density at radius 2 is 1.78 bits per heavy atom. The molecule has 1 heteroatoms. The van der Waals surface area contributed by atoms with E-state index in [4.69, 9.17) is 0 Å². The molecule has 9 heavy (non-hydrogen) atoms. The molecular weight excluding hydrogens is 112 g/mol. The standard InChI is InChI=1S/C8H14O/c1-6(2)5-7(3)8(4)9/h5-6H,1-4H3/b7-5-. The molecule has 52 valence electrons. The lowest BCUT2D eigenvalue weighted by molar-refractivity contribution is -0.113. The van der Waals surface area contributed by atoms with Gasteiger partial charge < -0.3 is 0 Å². The van der Waals surface area contributed by atoms with Crippen LogP contribution in [0.1, 0.15) is 27.7 Å². The van der Waals surface area contributed by atoms with Crippen molar-refractivity contribution < 1.29 is 4.79 Å². The van der Waals surface area contributed by atoms with Crippen LogP contribution in [0.15, 0.2) is 11.6 Å². The second kappa shape index (κ2) is 3.44. The molecule has 0 spiro atoms. The van der Waals surface area contributed by atoms with Crippen LogP contribution in [0.3, 0.4) is 0 Å². The van der Waals surface area contributed by atoms with Crippen LogP contribution in [0.4, 0.5) is 0 Å². The van der Waals surface area contributed by atoms with Gasteiger partial charge in [0.15, 0.2) is 5.78 Å². The zero-order valence-corrected chi connectivity index (χ0v) is 6.56. The molecule has 0 aliphatic heterocycles. The minimum absolute atomic E-state index is 0.170. The molecular formula is C8H14O. The van der Waals surface area contributed by atoms with E-state index in [0.717, 1.165) is 5.57 Å². The van der Waals surface area contributed by atoms with Crippen molar-refractivity contribution in [3.05, 3.63) is 11.6 Å². The van der Waals surface area contributed by atoms with Crippen LogP contribution in [0.2, 0.25) is 0 Å². The topological polar surface area (TPSA) is 17.1 Å². The van der Waals surface area contributed by atoms with Gasteiger partial charge in [-0.3, -0.25) is 4.79 Å². The summed E-state index contributed by atoms with van der Waals surface area (Å²) in [6, 6.07) is 0. The highest BCUT2D eigenvalue weighted by Crippen LogP contribution is 2.01. The smallest absolute Gasteiger partial charge is 0.155 e. The SMILES string of the molecule is CC(=O)/C(C)=C\C(C)C. The largest absolute Gasteiger partial charge is 0.295 e. The monoisotopic (exact) mass is 126 g/mol. The molecule has 0 unspecified atom stereocenters. The molecule has 0 saturated carbocycles. The van der Waals surface area contributed by atoms with E-state index in [1.54, 1.807) is 6.92 Å². The molecule has 0 radical (unpaired) electrons. The van der Waals surface area contributed by atoms with E-state index in [9.17, 15) is 4.79 Å². The van der Waals surface area contributed by atoms with Gasteiger partial charge in [0.05, 0.1) is 0 Å². The lowest BCUT2D eigenvalue weighted by Crippen LogP contribution is -1.93. The third-order valence-corrected chi connectivity index (χ3v) is 1.14. The molecule has 0 atom stereocenters. The van der Waals surface area contributed by atoms with Crippen molar-refractivity contribution in [2.24, 2.45) is 5.92 Å². The predicted octanol–water partition coefficient (Wildman–Crippen LogP) is 2.18. The molecule has 0 heterocycles. The van der Waals surface area contributed by atoms with Gasteiger partial charge in [-0.2, -0.15) is 0 Å². The van der Waals surface area contributed by atoms with E-state index in [1.165, 1.54) is 0 Å². The third kappa shape index (κ3) is 3.95. The number of hydrogen-bond acceptors (Lipinski definition) is 1. The van der Waals surface area contributed by atoms with Crippen molar-refractivity contribution in [1.29, 1.82) is 0 Å². The molecule has 0 aliphatic carbocycles. The van der Waals surface area contributed by atoms with Gasteiger partial charge in [-0.05, 0) is 25.3 Å². The van der Waals surface area contributed by atoms with Crippen LogP contribution in [-0.4, -0.2) is 5.78 Å². The molecule has 0 N–H and O–H groups in total. The summed E-state index contributed by atoms with van der Waals surface area (Å²) in [4.78, 5) is 10.6. The molecule has 0 fully saturated rings. The Balaban J connectivity index is 4.00. The first-order valence-corrected chi connectivity index (χ1v) is 3.23. The van der Waals surface area contributed by atoms with Crippen LogP contribution >= 0.6 is 0 Å². The number of rotatable bonds is 2. The minimum atomic E-state index is 0.170. The number of hydrogen-bond donors (Lipinski definition) is 0. The van der Waals surface area contributed by atoms with Gasteiger partial charge in [0.2, 0.25) is 0 Å². The summed E-state index contributed by atoms with van der Waals surface area (Å²) >= 11 is 0. The average molecular weight is 126 g/mol. The Kier molecular flexibility index (Phi) is 3.21. The highest BCUT2D eigenvalue weighted by Gasteiger charge is 1.95. The van der Waals surface area contributed by atoms with Crippen molar-refractivity contribution >= 4 is 5.78 Å². The van der Waals surface area contributed by atoms with Gasteiger partial charge in [0.25, 0.3) is 0 Å². The van der Waals surface area contributed by atoms with Gasteiger partial charge in [-0.1, -0.05) is 19.9 Å². The Hall–Kier alpha value is -0.590. The maximum atomic E-state index is 10.6. The molecule has 0 rings (SSSR count). The summed E-state index contributed by atoms with van der Waals surface area (Å²) in [5.74, 6) is 0.651. The van der Waals surface area contributed by atoms with Gasteiger partial charge in [-0.15, -0.1) is 0 Å². The van der Waals surface area contributed by atoms with Crippen molar-refractivity contribution in [2.45, 2.75) is 27.7 Å². The van der Waals surface area contributed by atoms with Gasteiger partial charge in [0, 0.05) is 0 Å². The van der Waals surface area contributed by atoms with Crippen LogP contribution in [0, 0.1) is 5.92 Å². The van der Waals surface area contributed by atoms with E-state index in [2.05, 4.69) is 13.8 Å². The van der Waals surface area contributed by atoms with Crippen LogP contribution in [-0.2, 0) is 4.79 Å². The first-order valence-electron chi connectivity index (χ1n) is 3.23. The summed E-state index contributed by atoms with van der Waals surface area (Å²) in [6.45, 7) is 7.56. The molecule has 0 aromatic carbocycles. The number of carbonyl (C=O) groups is 1. The van der Waals surface area contributed by atoms with Crippen molar-refractivity contribution in [3.63, 3.8) is 0 Å². The fourth-order valence-corrected chi connectivity index (χ4v) is 0.617. The fourth-order valence-electron chi connectivity index (χ4n) is 0.617. The Bertz CT molecular complexity index is 132. The normalized spacial score (nSPS) is 12.3. The van der Waals surface area contributed by atoms with Crippen molar-refractivity contribution in [2.75, 3.05) is 0 Å². The highest BCUT2D eigenvalue weighted by atomic mass is 16.1. The summed E-state index contributed by atoms with van der Waals surface area (Å²) in [6.07, 6.45) is 1.97. The maximum Gasteiger partial charge on any atom is 0.155 e. The number of ketones is 1. The first kappa shape index (κ1) is 8.41. The minimum Gasteiger partial charge on any atom is -0.295 e. The second-order valence-electron chi connectivity index (χ2n) is 2.65. The summed E-state index contributed by atoms with van der Waals surface area (Å²) < 4.78 is 0. The number of carbonyl (C=O) groups excluding carboxylic acids is 1. The predicted molar refractivity (Wildman–Crippen MR) is 39.3 cm³/mol.